The summed E-state index contributed by atoms with van der Waals surface area (Å²) in [6.45, 7) is 0. The Balaban J connectivity index is 2.05. The molecule has 0 atom stereocenters. The monoisotopic (exact) mass is 448 g/mol. The Morgan fingerprint density at radius 3 is 1.28 bits per heavy atom. The van der Waals surface area contributed by atoms with Gasteiger partial charge >= 0.3 is 12.4 Å². The molecular formula is C22H10F6N2O2. The fourth-order valence-corrected chi connectivity index (χ4v) is 2.63. The number of halogens is 6. The van der Waals surface area contributed by atoms with Gasteiger partial charge in [0.2, 0.25) is 0 Å². The summed E-state index contributed by atoms with van der Waals surface area (Å²) in [5.74, 6) is -1.06. The zero-order chi connectivity index (χ0) is 23.5. The molecule has 0 saturated heterocycles. The van der Waals surface area contributed by atoms with Gasteiger partial charge in [0, 0.05) is 12.1 Å². The molecule has 3 aromatic rings. The molecule has 0 aliphatic rings. The summed E-state index contributed by atoms with van der Waals surface area (Å²) < 4.78 is 88.7. The summed E-state index contributed by atoms with van der Waals surface area (Å²) in [5, 5.41) is 18.5. The van der Waals surface area contributed by atoms with Crippen LogP contribution in [0.3, 0.4) is 0 Å². The largest absolute Gasteiger partial charge is 0.453 e. The van der Waals surface area contributed by atoms with Crippen LogP contribution < -0.4 is 9.47 Å². The van der Waals surface area contributed by atoms with Crippen molar-refractivity contribution in [3.8, 4) is 35.1 Å². The lowest BCUT2D eigenvalue weighted by molar-refractivity contribution is -0.138. The number of hydrogen-bond acceptors (Lipinski definition) is 4. The zero-order valence-corrected chi connectivity index (χ0v) is 15.8. The van der Waals surface area contributed by atoms with Crippen molar-refractivity contribution in [3.63, 3.8) is 0 Å². The lowest BCUT2D eigenvalue weighted by Crippen LogP contribution is -2.05. The molecule has 0 spiro atoms. The van der Waals surface area contributed by atoms with Gasteiger partial charge in [-0.25, -0.2) is 0 Å². The number of nitriles is 2. The highest BCUT2D eigenvalue weighted by Gasteiger charge is 2.31. The zero-order valence-electron chi connectivity index (χ0n) is 15.8. The molecule has 0 radical (unpaired) electrons. The number of ether oxygens (including phenoxy) is 2. The van der Waals surface area contributed by atoms with Crippen molar-refractivity contribution < 1.29 is 35.8 Å². The minimum Gasteiger partial charge on any atom is -0.453 e. The lowest BCUT2D eigenvalue weighted by atomic mass is 10.1. The van der Waals surface area contributed by atoms with E-state index < -0.39 is 23.5 Å². The second-order valence-electron chi connectivity index (χ2n) is 6.32. The molecule has 162 valence electrons. The van der Waals surface area contributed by atoms with Crippen molar-refractivity contribution in [1.82, 2.24) is 0 Å². The molecule has 32 heavy (non-hydrogen) atoms. The van der Waals surface area contributed by atoms with Crippen molar-refractivity contribution in [1.29, 1.82) is 10.5 Å². The van der Waals surface area contributed by atoms with Crippen molar-refractivity contribution in [3.05, 3.63) is 82.9 Å². The van der Waals surface area contributed by atoms with Crippen LogP contribution >= 0.6 is 0 Å². The molecule has 0 fully saturated rings. The number of nitrogens with zero attached hydrogens (tertiary/aromatic N) is 2. The molecule has 0 amide bonds. The normalized spacial score (nSPS) is 11.4. The molecule has 0 unspecified atom stereocenters. The van der Waals surface area contributed by atoms with Gasteiger partial charge in [-0.15, -0.1) is 0 Å². The Labute approximate surface area is 177 Å². The van der Waals surface area contributed by atoms with Gasteiger partial charge in [-0.1, -0.05) is 12.1 Å². The molecule has 0 bridgehead atoms. The minimum atomic E-state index is -4.64. The molecule has 0 heterocycles. The van der Waals surface area contributed by atoms with E-state index in [4.69, 9.17) is 9.47 Å². The third-order valence-electron chi connectivity index (χ3n) is 4.10. The van der Waals surface area contributed by atoms with Gasteiger partial charge in [-0.05, 0) is 36.4 Å². The molecule has 0 aliphatic carbocycles. The van der Waals surface area contributed by atoms with Crippen LogP contribution in [0.25, 0.3) is 0 Å². The van der Waals surface area contributed by atoms with Gasteiger partial charge < -0.3 is 9.47 Å². The summed E-state index contributed by atoms with van der Waals surface area (Å²) in [5.41, 5.74) is -2.31. The third-order valence-corrected chi connectivity index (χ3v) is 4.10. The first-order chi connectivity index (χ1) is 15.0. The summed E-state index contributed by atoms with van der Waals surface area (Å²) >= 11 is 0. The van der Waals surface area contributed by atoms with E-state index in [2.05, 4.69) is 0 Å². The van der Waals surface area contributed by atoms with Crippen LogP contribution in [0.4, 0.5) is 26.3 Å². The van der Waals surface area contributed by atoms with E-state index in [1.54, 1.807) is 12.1 Å². The summed E-state index contributed by atoms with van der Waals surface area (Å²) in [7, 11) is 0. The average Bonchev–Trinajstić information content (AvgIpc) is 2.73. The van der Waals surface area contributed by atoms with E-state index in [1.807, 2.05) is 0 Å². The highest BCUT2D eigenvalue weighted by atomic mass is 19.4. The minimum absolute atomic E-state index is 0.161. The molecule has 3 aromatic carbocycles. The van der Waals surface area contributed by atoms with E-state index in [0.717, 1.165) is 36.4 Å². The van der Waals surface area contributed by atoms with Crippen LogP contribution in [0.1, 0.15) is 22.3 Å². The maximum absolute atomic E-state index is 13.0. The molecule has 0 aliphatic heterocycles. The second-order valence-corrected chi connectivity index (χ2v) is 6.32. The standard InChI is InChI=1S/C22H10F6N2O2/c23-21(24,25)15-3-1-5-17(9-15)31-19-7-13(11-29)14(12-30)8-20(19)32-18-6-2-4-16(10-18)22(26,27)28/h1-10H. The second kappa shape index (κ2) is 8.52. The lowest BCUT2D eigenvalue weighted by Gasteiger charge is -2.15. The maximum atomic E-state index is 13.0. The molecule has 4 nitrogen and oxygen atoms in total. The fraction of sp³-hybridized carbons (Fsp3) is 0.0909. The number of hydrogen-bond donors (Lipinski definition) is 0. The van der Waals surface area contributed by atoms with Crippen molar-refractivity contribution >= 4 is 0 Å². The first-order valence-corrected chi connectivity index (χ1v) is 8.70. The van der Waals surface area contributed by atoms with Crippen LogP contribution in [0.5, 0.6) is 23.0 Å². The van der Waals surface area contributed by atoms with E-state index in [-0.39, 0.29) is 34.1 Å². The maximum Gasteiger partial charge on any atom is 0.416 e. The van der Waals surface area contributed by atoms with Crippen LogP contribution in [-0.4, -0.2) is 0 Å². The topological polar surface area (TPSA) is 66.0 Å². The fourth-order valence-electron chi connectivity index (χ4n) is 2.63. The van der Waals surface area contributed by atoms with Crippen molar-refractivity contribution in [2.75, 3.05) is 0 Å². The van der Waals surface area contributed by atoms with Gasteiger partial charge in [-0.3, -0.25) is 0 Å². The van der Waals surface area contributed by atoms with Crippen LogP contribution in [-0.2, 0) is 12.4 Å². The van der Waals surface area contributed by atoms with Gasteiger partial charge in [0.1, 0.15) is 23.6 Å². The molecule has 0 aromatic heterocycles. The third kappa shape index (κ3) is 5.10. The average molecular weight is 448 g/mol. The smallest absolute Gasteiger partial charge is 0.416 e. The van der Waals surface area contributed by atoms with E-state index in [9.17, 15) is 36.9 Å². The van der Waals surface area contributed by atoms with E-state index >= 15 is 0 Å². The molecule has 10 heteroatoms. The highest BCUT2D eigenvalue weighted by molar-refractivity contribution is 5.58. The van der Waals surface area contributed by atoms with Gasteiger partial charge in [0.05, 0.1) is 22.3 Å². The van der Waals surface area contributed by atoms with Gasteiger partial charge in [0.25, 0.3) is 0 Å². The number of alkyl halides is 6. The molecular weight excluding hydrogens is 438 g/mol. The van der Waals surface area contributed by atoms with Gasteiger partial charge in [-0.2, -0.15) is 36.9 Å². The van der Waals surface area contributed by atoms with Crippen molar-refractivity contribution in [2.24, 2.45) is 0 Å². The Bertz CT molecular complexity index is 1140. The highest BCUT2D eigenvalue weighted by Crippen LogP contribution is 2.40. The summed E-state index contributed by atoms with van der Waals surface area (Å²) in [4.78, 5) is 0. The van der Waals surface area contributed by atoms with Crippen LogP contribution in [0, 0.1) is 22.7 Å². The van der Waals surface area contributed by atoms with Gasteiger partial charge in [0.15, 0.2) is 11.5 Å². The number of rotatable bonds is 4. The Morgan fingerprint density at radius 1 is 0.594 bits per heavy atom. The van der Waals surface area contributed by atoms with E-state index in [1.165, 1.54) is 12.1 Å². The predicted molar refractivity (Wildman–Crippen MR) is 98.9 cm³/mol. The Morgan fingerprint density at radius 2 is 0.969 bits per heavy atom. The predicted octanol–water partition coefficient (Wildman–Crippen LogP) is 7.05. The number of benzene rings is 3. The van der Waals surface area contributed by atoms with Crippen molar-refractivity contribution in [2.45, 2.75) is 12.4 Å². The Kier molecular flexibility index (Phi) is 5.99. The SMILES string of the molecule is N#Cc1cc(Oc2cccc(C(F)(F)F)c2)c(Oc2cccc(C(F)(F)F)c2)cc1C#N. The molecule has 3 rings (SSSR count). The van der Waals surface area contributed by atoms with E-state index in [0.29, 0.717) is 12.1 Å². The molecule has 0 N–H and O–H groups in total. The molecule has 0 saturated carbocycles. The first kappa shape index (κ1) is 22.5. The summed E-state index contributed by atoms with van der Waals surface area (Å²) in [6.07, 6.45) is -9.28. The van der Waals surface area contributed by atoms with Crippen LogP contribution in [0.2, 0.25) is 0 Å². The summed E-state index contributed by atoms with van der Waals surface area (Å²) in [6, 6.07) is 13.3. The first-order valence-electron chi connectivity index (χ1n) is 8.70. The Hall–Kier alpha value is -4.18. The van der Waals surface area contributed by atoms with Crippen LogP contribution in [0.15, 0.2) is 60.7 Å². The quantitative estimate of drug-likeness (QED) is 0.401.